The molecule has 0 aliphatic carbocycles. The number of nitrogens with one attached hydrogen (secondary N) is 2. The number of methoxy groups -OCH3 is 2. The first-order chi connectivity index (χ1) is 16.9. The number of piperazine rings is 1. The molecule has 35 heavy (non-hydrogen) atoms. The molecule has 1 saturated heterocycles. The Kier molecular flexibility index (Phi) is 8.80. The van der Waals surface area contributed by atoms with Crippen LogP contribution in [0.2, 0.25) is 0 Å². The van der Waals surface area contributed by atoms with Gasteiger partial charge >= 0.3 is 18.0 Å². The molecule has 11 nitrogen and oxygen atoms in total. The highest BCUT2D eigenvalue weighted by Crippen LogP contribution is 2.40. The van der Waals surface area contributed by atoms with Crippen LogP contribution < -0.4 is 20.1 Å². The van der Waals surface area contributed by atoms with Crippen LogP contribution in [0.4, 0.5) is 9.59 Å². The highest BCUT2D eigenvalue weighted by Gasteiger charge is 2.39. The molecule has 11 heteroatoms. The van der Waals surface area contributed by atoms with Crippen LogP contribution in [0.1, 0.15) is 25.5 Å². The molecule has 1 aromatic carbocycles. The highest BCUT2D eigenvalue weighted by molar-refractivity contribution is 5.95. The van der Waals surface area contributed by atoms with E-state index >= 15 is 0 Å². The van der Waals surface area contributed by atoms with Crippen LogP contribution >= 0.6 is 0 Å². The molecule has 1 atom stereocenters. The minimum Gasteiger partial charge on any atom is -0.493 e. The summed E-state index contributed by atoms with van der Waals surface area (Å²) in [6.07, 6.45) is 0. The van der Waals surface area contributed by atoms with E-state index in [0.29, 0.717) is 67.6 Å². The van der Waals surface area contributed by atoms with Gasteiger partial charge in [0.25, 0.3) is 0 Å². The minimum absolute atomic E-state index is 0.0853. The van der Waals surface area contributed by atoms with Gasteiger partial charge in [-0.05, 0) is 19.9 Å². The van der Waals surface area contributed by atoms with Crippen molar-refractivity contribution in [3.63, 3.8) is 0 Å². The number of esters is 1. The molecule has 2 aliphatic rings. The second kappa shape index (κ2) is 11.8. The minimum atomic E-state index is -0.783. The summed E-state index contributed by atoms with van der Waals surface area (Å²) >= 11 is 0. The number of rotatable bonds is 8. The summed E-state index contributed by atoms with van der Waals surface area (Å²) in [6, 6.07) is 4.11. The van der Waals surface area contributed by atoms with Gasteiger partial charge in [-0.2, -0.15) is 0 Å². The molecule has 1 unspecified atom stereocenters. The van der Waals surface area contributed by atoms with Gasteiger partial charge in [0.05, 0.1) is 32.4 Å². The van der Waals surface area contributed by atoms with Crippen molar-refractivity contribution < 1.29 is 28.6 Å². The lowest BCUT2D eigenvalue weighted by molar-refractivity contribution is -0.139. The van der Waals surface area contributed by atoms with Gasteiger partial charge < -0.3 is 29.7 Å². The molecular weight excluding hydrogens is 454 g/mol. The number of carbonyl (C=O) groups excluding carboxylic acids is 3. The van der Waals surface area contributed by atoms with Gasteiger partial charge in [-0.15, -0.1) is 0 Å². The third kappa shape index (κ3) is 5.61. The van der Waals surface area contributed by atoms with Crippen molar-refractivity contribution in [2.75, 3.05) is 67.1 Å². The normalized spacial score (nSPS) is 18.8. The Morgan fingerprint density at radius 1 is 1.11 bits per heavy atom. The number of hydrogen-bond acceptors (Lipinski definition) is 7. The highest BCUT2D eigenvalue weighted by atomic mass is 16.5. The number of amides is 4. The van der Waals surface area contributed by atoms with Crippen molar-refractivity contribution in [2.24, 2.45) is 0 Å². The maximum atomic E-state index is 13.2. The number of ether oxygens (including phenoxy) is 3. The molecule has 1 fully saturated rings. The van der Waals surface area contributed by atoms with E-state index in [1.165, 1.54) is 19.1 Å². The first-order valence-corrected chi connectivity index (χ1v) is 11.8. The SMILES string of the molecule is CCNC(=O)N1CCN(CC2=C(C(=O)OCC)C(c3cccc(OC)c3OC)NC(=O)N2C)CC1. The van der Waals surface area contributed by atoms with Crippen LogP contribution in [-0.4, -0.2) is 99.9 Å². The van der Waals surface area contributed by atoms with Crippen molar-refractivity contribution in [1.29, 1.82) is 0 Å². The standard InChI is InChI=1S/C24H35N5O6/c1-6-25-23(31)29-13-11-28(12-14-29)15-17-19(22(30)35-7-2)20(26-24(32)27(17)3)16-9-8-10-18(33-4)21(16)34-5/h8-10,20H,6-7,11-15H2,1-5H3,(H,25,31)(H,26,32). The van der Waals surface area contributed by atoms with Crippen molar-refractivity contribution >= 4 is 18.0 Å². The second-order valence-corrected chi connectivity index (χ2v) is 8.20. The van der Waals surface area contributed by atoms with Crippen molar-refractivity contribution in [3.8, 4) is 11.5 Å². The van der Waals surface area contributed by atoms with E-state index in [-0.39, 0.29) is 18.7 Å². The number of likely N-dealkylation sites (N-methyl/N-ethyl adjacent to an activating group) is 1. The summed E-state index contributed by atoms with van der Waals surface area (Å²) in [6.45, 7) is 7.07. The van der Waals surface area contributed by atoms with Crippen LogP contribution in [-0.2, 0) is 9.53 Å². The topological polar surface area (TPSA) is 113 Å². The third-order valence-corrected chi connectivity index (χ3v) is 6.18. The number of urea groups is 2. The lowest BCUT2D eigenvalue weighted by atomic mass is 9.93. The van der Waals surface area contributed by atoms with Gasteiger partial charge in [0.2, 0.25) is 0 Å². The predicted molar refractivity (Wildman–Crippen MR) is 129 cm³/mol. The Morgan fingerprint density at radius 3 is 2.43 bits per heavy atom. The van der Waals surface area contributed by atoms with E-state index in [9.17, 15) is 14.4 Å². The van der Waals surface area contributed by atoms with Crippen molar-refractivity contribution in [2.45, 2.75) is 19.9 Å². The second-order valence-electron chi connectivity index (χ2n) is 8.20. The van der Waals surface area contributed by atoms with Crippen LogP contribution in [0, 0.1) is 0 Å². The summed E-state index contributed by atoms with van der Waals surface area (Å²) in [5.74, 6) is 0.413. The Labute approximate surface area is 206 Å². The molecule has 4 amide bonds. The fourth-order valence-corrected chi connectivity index (χ4v) is 4.35. The summed E-state index contributed by atoms with van der Waals surface area (Å²) in [5, 5.41) is 5.73. The molecule has 2 aliphatic heterocycles. The van der Waals surface area contributed by atoms with Gasteiger partial charge in [-0.25, -0.2) is 14.4 Å². The third-order valence-electron chi connectivity index (χ3n) is 6.18. The number of nitrogens with zero attached hydrogens (tertiary/aromatic N) is 3. The fraction of sp³-hybridized carbons (Fsp3) is 0.542. The summed E-state index contributed by atoms with van der Waals surface area (Å²) in [7, 11) is 4.68. The summed E-state index contributed by atoms with van der Waals surface area (Å²) in [4.78, 5) is 43.7. The maximum Gasteiger partial charge on any atom is 0.338 e. The Balaban J connectivity index is 1.98. The average Bonchev–Trinajstić information content (AvgIpc) is 2.86. The van der Waals surface area contributed by atoms with Gasteiger partial charge in [0, 0.05) is 57.6 Å². The van der Waals surface area contributed by atoms with Crippen molar-refractivity contribution in [1.82, 2.24) is 25.3 Å². The molecule has 2 heterocycles. The zero-order valence-corrected chi connectivity index (χ0v) is 21.1. The number of hydrogen-bond donors (Lipinski definition) is 2. The average molecular weight is 490 g/mol. The summed E-state index contributed by atoms with van der Waals surface area (Å²) in [5.41, 5.74) is 1.48. The van der Waals surface area contributed by atoms with Crippen LogP contribution in [0.15, 0.2) is 29.5 Å². The Morgan fingerprint density at radius 2 is 1.83 bits per heavy atom. The molecular formula is C24H35N5O6. The molecule has 0 saturated carbocycles. The molecule has 0 spiro atoms. The van der Waals surface area contributed by atoms with Gasteiger partial charge in [0.15, 0.2) is 11.5 Å². The van der Waals surface area contributed by atoms with Gasteiger partial charge in [-0.3, -0.25) is 9.80 Å². The van der Waals surface area contributed by atoms with Crippen LogP contribution in [0.5, 0.6) is 11.5 Å². The molecule has 0 aromatic heterocycles. The molecule has 0 bridgehead atoms. The zero-order valence-electron chi connectivity index (χ0n) is 21.1. The summed E-state index contributed by atoms with van der Waals surface area (Å²) < 4.78 is 16.4. The maximum absolute atomic E-state index is 13.2. The smallest absolute Gasteiger partial charge is 0.338 e. The number of carbonyl (C=O) groups is 3. The van der Waals surface area contributed by atoms with E-state index in [1.807, 2.05) is 6.92 Å². The van der Waals surface area contributed by atoms with E-state index < -0.39 is 12.0 Å². The molecule has 0 radical (unpaired) electrons. The molecule has 1 aromatic rings. The van der Waals surface area contributed by atoms with Crippen molar-refractivity contribution in [3.05, 3.63) is 35.0 Å². The van der Waals surface area contributed by atoms with Crippen LogP contribution in [0.25, 0.3) is 0 Å². The number of para-hydroxylation sites is 1. The van der Waals surface area contributed by atoms with E-state index in [4.69, 9.17) is 14.2 Å². The number of benzene rings is 1. The predicted octanol–water partition coefficient (Wildman–Crippen LogP) is 1.56. The quantitative estimate of drug-likeness (QED) is 0.533. The molecule has 192 valence electrons. The fourth-order valence-electron chi connectivity index (χ4n) is 4.35. The Hall–Kier alpha value is -3.47. The first-order valence-electron chi connectivity index (χ1n) is 11.8. The first kappa shape index (κ1) is 26.1. The Bertz CT molecular complexity index is 973. The van der Waals surface area contributed by atoms with Crippen LogP contribution in [0.3, 0.4) is 0 Å². The van der Waals surface area contributed by atoms with Gasteiger partial charge in [0.1, 0.15) is 0 Å². The van der Waals surface area contributed by atoms with E-state index in [2.05, 4.69) is 15.5 Å². The lowest BCUT2D eigenvalue weighted by Gasteiger charge is -2.39. The monoisotopic (exact) mass is 489 g/mol. The molecule has 2 N–H and O–H groups in total. The van der Waals surface area contributed by atoms with Gasteiger partial charge in [-0.1, -0.05) is 12.1 Å². The van der Waals surface area contributed by atoms with E-state index in [1.54, 1.807) is 37.1 Å². The van der Waals surface area contributed by atoms with E-state index in [0.717, 1.165) is 0 Å². The lowest BCUT2D eigenvalue weighted by Crippen LogP contribution is -2.54. The largest absolute Gasteiger partial charge is 0.493 e. The zero-order chi connectivity index (χ0) is 25.5. The molecule has 3 rings (SSSR count).